The molecule has 18 heavy (non-hydrogen) atoms. The Balaban J connectivity index is 2.47. The van der Waals surface area contributed by atoms with Crippen LogP contribution in [0.4, 0.5) is 0 Å². The number of rotatable bonds is 2. The predicted octanol–water partition coefficient (Wildman–Crippen LogP) is 5.38. The summed E-state index contributed by atoms with van der Waals surface area (Å²) in [4.78, 5) is 0. The van der Waals surface area contributed by atoms with E-state index in [0.717, 1.165) is 0 Å². The monoisotopic (exact) mass is 320 g/mol. The van der Waals surface area contributed by atoms with Gasteiger partial charge in [-0.05, 0) is 29.8 Å². The zero-order valence-corrected chi connectivity index (χ0v) is 12.0. The van der Waals surface area contributed by atoms with Crippen LogP contribution in [0.25, 0.3) is 0 Å². The van der Waals surface area contributed by atoms with Gasteiger partial charge in [-0.25, -0.2) is 0 Å². The first-order valence-electron chi connectivity index (χ1n) is 5.07. The van der Waals surface area contributed by atoms with Crippen LogP contribution >= 0.6 is 46.4 Å². The summed E-state index contributed by atoms with van der Waals surface area (Å²) in [6.45, 7) is 0. The molecule has 0 radical (unpaired) electrons. The molecule has 0 aliphatic rings. The van der Waals surface area contributed by atoms with Crippen LogP contribution in [0, 0.1) is 0 Å². The number of hydrogen-bond acceptors (Lipinski definition) is 1. The average molecular weight is 322 g/mol. The van der Waals surface area contributed by atoms with Crippen molar-refractivity contribution in [3.8, 4) is 0 Å². The largest absolute Gasteiger partial charge is 0.384 e. The molecule has 1 nitrogen and oxygen atoms in total. The first-order chi connectivity index (χ1) is 8.49. The van der Waals surface area contributed by atoms with Crippen LogP contribution in [0.3, 0.4) is 0 Å². The molecule has 2 aromatic carbocycles. The van der Waals surface area contributed by atoms with Gasteiger partial charge in [0.15, 0.2) is 0 Å². The summed E-state index contributed by atoms with van der Waals surface area (Å²) in [7, 11) is 0. The van der Waals surface area contributed by atoms with Gasteiger partial charge in [-0.1, -0.05) is 58.5 Å². The van der Waals surface area contributed by atoms with Gasteiger partial charge in [0, 0.05) is 15.6 Å². The number of hydrogen-bond donors (Lipinski definition) is 1. The van der Waals surface area contributed by atoms with Gasteiger partial charge in [-0.3, -0.25) is 0 Å². The molecular formula is C13H8Cl4O. The van der Waals surface area contributed by atoms with Crippen molar-refractivity contribution in [2.45, 2.75) is 6.10 Å². The Bertz CT molecular complexity index is 563. The Morgan fingerprint density at radius 2 is 1.50 bits per heavy atom. The van der Waals surface area contributed by atoms with Gasteiger partial charge < -0.3 is 5.11 Å². The van der Waals surface area contributed by atoms with Crippen LogP contribution in [-0.2, 0) is 0 Å². The van der Waals surface area contributed by atoms with Gasteiger partial charge in [-0.15, -0.1) is 0 Å². The highest BCUT2D eigenvalue weighted by atomic mass is 35.5. The normalized spacial score (nSPS) is 12.5. The molecule has 0 aromatic heterocycles. The molecule has 0 bridgehead atoms. The van der Waals surface area contributed by atoms with Crippen LogP contribution in [0.2, 0.25) is 20.1 Å². The molecule has 0 heterocycles. The van der Waals surface area contributed by atoms with Crippen LogP contribution in [-0.4, -0.2) is 5.11 Å². The molecule has 1 N–H and O–H groups in total. The number of aliphatic hydroxyl groups excluding tert-OH is 1. The fourth-order valence-corrected chi connectivity index (χ4v) is 2.60. The van der Waals surface area contributed by atoms with Gasteiger partial charge in [0.25, 0.3) is 0 Å². The van der Waals surface area contributed by atoms with E-state index in [0.29, 0.717) is 31.2 Å². The maximum atomic E-state index is 10.3. The minimum atomic E-state index is -0.924. The summed E-state index contributed by atoms with van der Waals surface area (Å²) >= 11 is 23.8. The van der Waals surface area contributed by atoms with Gasteiger partial charge >= 0.3 is 0 Å². The smallest absolute Gasteiger partial charge is 0.106 e. The Labute approximate surface area is 125 Å². The molecule has 0 aliphatic heterocycles. The molecule has 0 aliphatic carbocycles. The maximum Gasteiger partial charge on any atom is 0.106 e. The van der Waals surface area contributed by atoms with E-state index < -0.39 is 6.10 Å². The number of aliphatic hydroxyl groups is 1. The molecule has 0 fully saturated rings. The molecule has 0 amide bonds. The molecule has 0 spiro atoms. The minimum Gasteiger partial charge on any atom is -0.384 e. The van der Waals surface area contributed by atoms with Crippen molar-refractivity contribution in [3.63, 3.8) is 0 Å². The molecular weight excluding hydrogens is 314 g/mol. The average Bonchev–Trinajstić information content (AvgIpc) is 2.30. The van der Waals surface area contributed by atoms with Gasteiger partial charge in [-0.2, -0.15) is 0 Å². The third kappa shape index (κ3) is 2.93. The Morgan fingerprint density at radius 3 is 2.11 bits per heavy atom. The third-order valence-corrected chi connectivity index (χ3v) is 3.75. The molecule has 94 valence electrons. The standard InChI is InChI=1S/C13H8Cl4O/c14-8-4-7(5-9(15)6-8)13(18)10-2-1-3-11(16)12(10)17/h1-6,13,18H. The molecule has 0 saturated carbocycles. The van der Waals surface area contributed by atoms with Crippen LogP contribution in [0.15, 0.2) is 36.4 Å². The van der Waals surface area contributed by atoms with Crippen molar-refractivity contribution in [1.29, 1.82) is 0 Å². The highest BCUT2D eigenvalue weighted by Crippen LogP contribution is 2.34. The van der Waals surface area contributed by atoms with E-state index in [1.165, 1.54) is 0 Å². The molecule has 2 rings (SSSR count). The lowest BCUT2D eigenvalue weighted by atomic mass is 10.0. The minimum absolute atomic E-state index is 0.322. The van der Waals surface area contributed by atoms with Crippen LogP contribution < -0.4 is 0 Å². The van der Waals surface area contributed by atoms with Crippen molar-refractivity contribution in [3.05, 3.63) is 67.6 Å². The fourth-order valence-electron chi connectivity index (χ4n) is 1.64. The molecule has 2 aromatic rings. The Morgan fingerprint density at radius 1 is 0.889 bits per heavy atom. The quantitative estimate of drug-likeness (QED) is 0.787. The lowest BCUT2D eigenvalue weighted by molar-refractivity contribution is 0.220. The Hall–Kier alpha value is -0.440. The summed E-state index contributed by atoms with van der Waals surface area (Å²) in [6, 6.07) is 9.95. The van der Waals surface area contributed by atoms with E-state index in [9.17, 15) is 5.11 Å². The van der Waals surface area contributed by atoms with Gasteiger partial charge in [0.1, 0.15) is 6.10 Å². The van der Waals surface area contributed by atoms with Crippen molar-refractivity contribution in [2.75, 3.05) is 0 Å². The summed E-state index contributed by atoms with van der Waals surface area (Å²) < 4.78 is 0. The molecule has 0 saturated heterocycles. The lowest BCUT2D eigenvalue weighted by Gasteiger charge is -2.14. The van der Waals surface area contributed by atoms with Crippen molar-refractivity contribution in [2.24, 2.45) is 0 Å². The van der Waals surface area contributed by atoms with E-state index in [2.05, 4.69) is 0 Å². The highest BCUT2D eigenvalue weighted by Gasteiger charge is 2.16. The second-order valence-electron chi connectivity index (χ2n) is 3.75. The van der Waals surface area contributed by atoms with E-state index in [1.54, 1.807) is 36.4 Å². The zero-order chi connectivity index (χ0) is 13.3. The lowest BCUT2D eigenvalue weighted by Crippen LogP contribution is -2.00. The van der Waals surface area contributed by atoms with Gasteiger partial charge in [0.2, 0.25) is 0 Å². The highest BCUT2D eigenvalue weighted by molar-refractivity contribution is 6.42. The number of halogens is 4. The first kappa shape index (κ1) is 14.0. The molecule has 1 atom stereocenters. The van der Waals surface area contributed by atoms with Crippen LogP contribution in [0.1, 0.15) is 17.2 Å². The topological polar surface area (TPSA) is 20.2 Å². The summed E-state index contributed by atoms with van der Waals surface area (Å²) in [5.74, 6) is 0. The van der Waals surface area contributed by atoms with Gasteiger partial charge in [0.05, 0.1) is 10.0 Å². The van der Waals surface area contributed by atoms with Crippen molar-refractivity contribution >= 4 is 46.4 Å². The van der Waals surface area contributed by atoms with E-state index in [4.69, 9.17) is 46.4 Å². The number of benzene rings is 2. The summed E-state index contributed by atoms with van der Waals surface area (Å²) in [6.07, 6.45) is -0.924. The summed E-state index contributed by atoms with van der Waals surface area (Å²) in [5, 5.41) is 11.9. The Kier molecular flexibility index (Phi) is 4.41. The summed E-state index contributed by atoms with van der Waals surface area (Å²) in [5.41, 5.74) is 1.08. The zero-order valence-electron chi connectivity index (χ0n) is 9.00. The first-order valence-corrected chi connectivity index (χ1v) is 6.58. The maximum absolute atomic E-state index is 10.3. The van der Waals surface area contributed by atoms with Crippen LogP contribution in [0.5, 0.6) is 0 Å². The van der Waals surface area contributed by atoms with E-state index >= 15 is 0 Å². The SMILES string of the molecule is OC(c1cc(Cl)cc(Cl)c1)c1cccc(Cl)c1Cl. The second-order valence-corrected chi connectivity index (χ2v) is 5.41. The fraction of sp³-hybridized carbons (Fsp3) is 0.0769. The third-order valence-electron chi connectivity index (χ3n) is 2.48. The van der Waals surface area contributed by atoms with E-state index in [1.807, 2.05) is 0 Å². The predicted molar refractivity (Wildman–Crippen MR) is 77.0 cm³/mol. The molecule has 1 unspecified atom stereocenters. The second kappa shape index (κ2) is 5.68. The van der Waals surface area contributed by atoms with Crippen molar-refractivity contribution in [1.82, 2.24) is 0 Å². The van der Waals surface area contributed by atoms with E-state index in [-0.39, 0.29) is 0 Å². The molecule has 5 heteroatoms. The van der Waals surface area contributed by atoms with Crippen molar-refractivity contribution < 1.29 is 5.11 Å².